The molecule has 3 aromatic rings. The average molecular weight is 311 g/mol. The standard InChI is InChI=1S/C13H9ClF2N4O/c14-10-5-6-11-17-18-12(20(11)19-10)7-8-3-1-2-4-9(8)21-13(15)16/h1-6,13H,7H2. The van der Waals surface area contributed by atoms with Gasteiger partial charge in [0.2, 0.25) is 0 Å². The van der Waals surface area contributed by atoms with Crippen LogP contribution in [0, 0.1) is 0 Å². The van der Waals surface area contributed by atoms with E-state index in [1.54, 1.807) is 30.3 Å². The van der Waals surface area contributed by atoms with Crippen LogP contribution in [0.4, 0.5) is 8.78 Å². The minimum absolute atomic E-state index is 0.103. The summed E-state index contributed by atoms with van der Waals surface area (Å²) in [5.41, 5.74) is 1.09. The van der Waals surface area contributed by atoms with Crippen molar-refractivity contribution in [1.29, 1.82) is 0 Å². The first-order valence-electron chi connectivity index (χ1n) is 6.03. The molecule has 0 N–H and O–H groups in total. The highest BCUT2D eigenvalue weighted by Crippen LogP contribution is 2.22. The van der Waals surface area contributed by atoms with Gasteiger partial charge in [0.25, 0.3) is 0 Å². The van der Waals surface area contributed by atoms with Crippen LogP contribution in [0.5, 0.6) is 5.75 Å². The first kappa shape index (κ1) is 13.7. The summed E-state index contributed by atoms with van der Waals surface area (Å²) in [7, 11) is 0. The number of ether oxygens (including phenoxy) is 1. The summed E-state index contributed by atoms with van der Waals surface area (Å²) in [4.78, 5) is 0. The molecular formula is C13H9ClF2N4O. The molecule has 1 aromatic carbocycles. The summed E-state index contributed by atoms with van der Waals surface area (Å²) in [6.07, 6.45) is 0.247. The van der Waals surface area contributed by atoms with Crippen LogP contribution in [0.25, 0.3) is 5.65 Å². The largest absolute Gasteiger partial charge is 0.435 e. The van der Waals surface area contributed by atoms with Crippen LogP contribution in [-0.2, 0) is 6.42 Å². The Morgan fingerprint density at radius 1 is 1.14 bits per heavy atom. The molecule has 2 aromatic heterocycles. The number of hydrogen-bond acceptors (Lipinski definition) is 4. The molecule has 2 heterocycles. The van der Waals surface area contributed by atoms with Gasteiger partial charge in [-0.2, -0.15) is 18.4 Å². The fourth-order valence-corrected chi connectivity index (χ4v) is 2.09. The van der Waals surface area contributed by atoms with Crippen molar-refractivity contribution in [2.24, 2.45) is 0 Å². The van der Waals surface area contributed by atoms with Gasteiger partial charge in [-0.1, -0.05) is 29.8 Å². The maximum atomic E-state index is 12.4. The second-order valence-electron chi connectivity index (χ2n) is 4.21. The molecule has 0 fully saturated rings. The van der Waals surface area contributed by atoms with Crippen LogP contribution >= 0.6 is 11.6 Å². The van der Waals surface area contributed by atoms with Crippen molar-refractivity contribution in [3.63, 3.8) is 0 Å². The third-order valence-electron chi connectivity index (χ3n) is 2.83. The SMILES string of the molecule is FC(F)Oc1ccccc1Cc1nnc2ccc(Cl)nn12. The van der Waals surface area contributed by atoms with Gasteiger partial charge in [-0.05, 0) is 18.2 Å². The van der Waals surface area contributed by atoms with E-state index in [0.29, 0.717) is 22.2 Å². The van der Waals surface area contributed by atoms with Gasteiger partial charge in [-0.3, -0.25) is 0 Å². The number of alkyl halides is 2. The summed E-state index contributed by atoms with van der Waals surface area (Å²) in [5.74, 6) is 0.587. The normalized spacial score (nSPS) is 11.2. The van der Waals surface area contributed by atoms with Crippen molar-refractivity contribution in [1.82, 2.24) is 19.8 Å². The quantitative estimate of drug-likeness (QED) is 0.743. The summed E-state index contributed by atoms with van der Waals surface area (Å²) in [5, 5.41) is 12.3. The van der Waals surface area contributed by atoms with Gasteiger partial charge < -0.3 is 4.74 Å². The molecule has 3 rings (SSSR count). The highest BCUT2D eigenvalue weighted by atomic mass is 35.5. The van der Waals surface area contributed by atoms with Gasteiger partial charge in [0.05, 0.1) is 0 Å². The molecule has 8 heteroatoms. The Bertz CT molecular complexity index is 778. The van der Waals surface area contributed by atoms with Crippen LogP contribution < -0.4 is 4.74 Å². The fraction of sp³-hybridized carbons (Fsp3) is 0.154. The molecule has 0 bridgehead atoms. The third-order valence-corrected chi connectivity index (χ3v) is 3.03. The van der Waals surface area contributed by atoms with E-state index >= 15 is 0 Å². The zero-order valence-electron chi connectivity index (χ0n) is 10.6. The average Bonchev–Trinajstić information content (AvgIpc) is 2.83. The van der Waals surface area contributed by atoms with E-state index < -0.39 is 6.61 Å². The lowest BCUT2D eigenvalue weighted by molar-refractivity contribution is -0.0504. The second-order valence-corrected chi connectivity index (χ2v) is 4.59. The van der Waals surface area contributed by atoms with E-state index in [0.717, 1.165) is 0 Å². The van der Waals surface area contributed by atoms with Gasteiger partial charge in [-0.15, -0.1) is 10.2 Å². The Kier molecular flexibility index (Phi) is 3.66. The number of aromatic nitrogens is 4. The van der Waals surface area contributed by atoms with E-state index in [-0.39, 0.29) is 12.2 Å². The van der Waals surface area contributed by atoms with Gasteiger partial charge in [0.1, 0.15) is 10.9 Å². The van der Waals surface area contributed by atoms with Crippen molar-refractivity contribution < 1.29 is 13.5 Å². The first-order valence-corrected chi connectivity index (χ1v) is 6.41. The molecule has 0 saturated heterocycles. The topological polar surface area (TPSA) is 52.3 Å². The Hall–Kier alpha value is -2.28. The summed E-state index contributed by atoms with van der Waals surface area (Å²) in [6, 6.07) is 9.79. The highest BCUT2D eigenvalue weighted by molar-refractivity contribution is 6.29. The molecule has 0 spiro atoms. The van der Waals surface area contributed by atoms with Gasteiger partial charge in [-0.25, -0.2) is 0 Å². The van der Waals surface area contributed by atoms with Crippen LogP contribution in [0.2, 0.25) is 5.15 Å². The van der Waals surface area contributed by atoms with Crippen LogP contribution in [0.1, 0.15) is 11.4 Å². The molecule has 0 atom stereocenters. The Morgan fingerprint density at radius 3 is 2.76 bits per heavy atom. The Morgan fingerprint density at radius 2 is 1.95 bits per heavy atom. The number of para-hydroxylation sites is 1. The molecule has 21 heavy (non-hydrogen) atoms. The van der Waals surface area contributed by atoms with Crippen LogP contribution in [0.15, 0.2) is 36.4 Å². The molecule has 0 aliphatic carbocycles. The zero-order valence-corrected chi connectivity index (χ0v) is 11.3. The predicted octanol–water partition coefficient (Wildman–Crippen LogP) is 2.97. The minimum Gasteiger partial charge on any atom is -0.435 e. The number of nitrogens with zero attached hydrogens (tertiary/aromatic N) is 4. The number of rotatable bonds is 4. The summed E-state index contributed by atoms with van der Waals surface area (Å²) < 4.78 is 30.8. The van der Waals surface area contributed by atoms with Crippen LogP contribution in [-0.4, -0.2) is 26.4 Å². The monoisotopic (exact) mass is 310 g/mol. The van der Waals surface area contributed by atoms with E-state index in [1.807, 2.05) is 0 Å². The maximum Gasteiger partial charge on any atom is 0.387 e. The number of benzene rings is 1. The van der Waals surface area contributed by atoms with Crippen molar-refractivity contribution in [3.8, 4) is 5.75 Å². The van der Waals surface area contributed by atoms with Crippen molar-refractivity contribution in [2.45, 2.75) is 13.0 Å². The van der Waals surface area contributed by atoms with E-state index in [4.69, 9.17) is 11.6 Å². The predicted molar refractivity (Wildman–Crippen MR) is 71.7 cm³/mol. The minimum atomic E-state index is -2.88. The first-order chi connectivity index (χ1) is 10.1. The fourth-order valence-electron chi connectivity index (χ4n) is 1.95. The zero-order chi connectivity index (χ0) is 14.8. The lowest BCUT2D eigenvalue weighted by atomic mass is 10.1. The Balaban J connectivity index is 1.97. The van der Waals surface area contributed by atoms with Crippen molar-refractivity contribution in [2.75, 3.05) is 0 Å². The molecule has 5 nitrogen and oxygen atoms in total. The van der Waals surface area contributed by atoms with E-state index in [9.17, 15) is 8.78 Å². The Labute approximate surface area is 123 Å². The summed E-state index contributed by atoms with van der Waals surface area (Å²) >= 11 is 5.84. The van der Waals surface area contributed by atoms with Crippen molar-refractivity contribution in [3.05, 3.63) is 52.9 Å². The van der Waals surface area contributed by atoms with Crippen LogP contribution in [0.3, 0.4) is 0 Å². The molecule has 0 saturated carbocycles. The van der Waals surface area contributed by atoms with E-state index in [2.05, 4.69) is 20.0 Å². The lowest BCUT2D eigenvalue weighted by Crippen LogP contribution is -2.06. The molecular weight excluding hydrogens is 302 g/mol. The molecule has 108 valence electrons. The molecule has 0 unspecified atom stereocenters. The third kappa shape index (κ3) is 2.92. The summed E-state index contributed by atoms with van der Waals surface area (Å²) in [6.45, 7) is -2.88. The van der Waals surface area contributed by atoms with Gasteiger partial charge in [0.15, 0.2) is 11.5 Å². The number of fused-ring (bicyclic) bond motifs is 1. The number of hydrogen-bond donors (Lipinski definition) is 0. The van der Waals surface area contributed by atoms with E-state index in [1.165, 1.54) is 10.6 Å². The number of halogens is 3. The molecule has 0 aliphatic heterocycles. The molecule has 0 amide bonds. The second kappa shape index (κ2) is 5.61. The van der Waals surface area contributed by atoms with Crippen molar-refractivity contribution >= 4 is 17.2 Å². The van der Waals surface area contributed by atoms with Gasteiger partial charge in [0, 0.05) is 12.0 Å². The van der Waals surface area contributed by atoms with Gasteiger partial charge >= 0.3 is 6.61 Å². The lowest BCUT2D eigenvalue weighted by Gasteiger charge is -2.09. The molecule has 0 radical (unpaired) electrons. The highest BCUT2D eigenvalue weighted by Gasteiger charge is 2.13. The maximum absolute atomic E-state index is 12.4. The molecule has 0 aliphatic rings. The smallest absolute Gasteiger partial charge is 0.387 e.